The molecule has 0 fully saturated rings. The minimum Gasteiger partial charge on any atom is -0.494 e. The molecule has 0 radical (unpaired) electrons. The summed E-state index contributed by atoms with van der Waals surface area (Å²) in [5, 5.41) is 0. The number of esters is 1. The van der Waals surface area contributed by atoms with Crippen molar-refractivity contribution in [2.45, 2.75) is 39.8 Å². The van der Waals surface area contributed by atoms with E-state index in [1.54, 1.807) is 0 Å². The third-order valence-electron chi connectivity index (χ3n) is 4.26. The molecule has 0 unspecified atom stereocenters. The maximum Gasteiger partial charge on any atom is 0.306 e. The van der Waals surface area contributed by atoms with Crippen LogP contribution in [0.2, 0.25) is 0 Å². The summed E-state index contributed by atoms with van der Waals surface area (Å²) in [5.74, 6) is 0.638. The number of carbonyl (C=O) groups excluding carboxylic acids is 1. The van der Waals surface area contributed by atoms with Crippen LogP contribution < -0.4 is 4.74 Å². The first-order valence-electron chi connectivity index (χ1n) is 9.35. The van der Waals surface area contributed by atoms with Crippen molar-refractivity contribution < 1.29 is 14.3 Å². The number of carbonyl (C=O) groups is 1. The van der Waals surface area contributed by atoms with Crippen molar-refractivity contribution in [3.63, 3.8) is 0 Å². The van der Waals surface area contributed by atoms with E-state index in [4.69, 9.17) is 9.47 Å². The lowest BCUT2D eigenvalue weighted by atomic mass is 10.1. The molecule has 4 heteroatoms. The summed E-state index contributed by atoms with van der Waals surface area (Å²) in [7, 11) is 0. The lowest BCUT2D eigenvalue weighted by molar-refractivity contribution is -0.145. The highest BCUT2D eigenvalue weighted by Gasteiger charge is 2.05. The van der Waals surface area contributed by atoms with Gasteiger partial charge >= 0.3 is 5.97 Å². The molecule has 0 atom stereocenters. The molecule has 0 saturated heterocycles. The van der Waals surface area contributed by atoms with Gasteiger partial charge in [-0.15, -0.1) is 0 Å². The zero-order valence-corrected chi connectivity index (χ0v) is 15.8. The number of rotatable bonds is 11. The summed E-state index contributed by atoms with van der Waals surface area (Å²) in [5.41, 5.74) is 2.30. The monoisotopic (exact) mass is 355 g/mol. The molecule has 0 saturated carbocycles. The molecular weight excluding hydrogens is 326 g/mol. The SMILES string of the molecule is CCN(CC)Cc1ccc(COC(=O)CCCOc2ccccc2)cc1. The Morgan fingerprint density at radius 1 is 0.923 bits per heavy atom. The van der Waals surface area contributed by atoms with Gasteiger partial charge in [-0.25, -0.2) is 0 Å². The van der Waals surface area contributed by atoms with E-state index in [0.717, 1.165) is 30.9 Å². The molecule has 0 heterocycles. The van der Waals surface area contributed by atoms with Crippen LogP contribution in [0.1, 0.15) is 37.8 Å². The van der Waals surface area contributed by atoms with Crippen LogP contribution in [0.5, 0.6) is 5.75 Å². The van der Waals surface area contributed by atoms with Crippen molar-refractivity contribution in [2.24, 2.45) is 0 Å². The van der Waals surface area contributed by atoms with Crippen LogP contribution in [0.25, 0.3) is 0 Å². The summed E-state index contributed by atoms with van der Waals surface area (Å²) < 4.78 is 10.9. The van der Waals surface area contributed by atoms with Gasteiger partial charge in [-0.2, -0.15) is 0 Å². The molecule has 140 valence electrons. The first-order valence-corrected chi connectivity index (χ1v) is 9.35. The van der Waals surface area contributed by atoms with Crippen molar-refractivity contribution in [2.75, 3.05) is 19.7 Å². The van der Waals surface area contributed by atoms with E-state index in [1.165, 1.54) is 5.56 Å². The number of nitrogens with zero attached hydrogens (tertiary/aromatic N) is 1. The summed E-state index contributed by atoms with van der Waals surface area (Å²) in [6.45, 7) is 8.22. The maximum atomic E-state index is 11.8. The van der Waals surface area contributed by atoms with E-state index < -0.39 is 0 Å². The Kier molecular flexibility index (Phi) is 8.70. The van der Waals surface area contributed by atoms with Gasteiger partial charge in [-0.3, -0.25) is 9.69 Å². The van der Waals surface area contributed by atoms with Crippen molar-refractivity contribution in [3.05, 3.63) is 65.7 Å². The molecule has 0 aliphatic carbocycles. The highest BCUT2D eigenvalue weighted by atomic mass is 16.5. The lowest BCUT2D eigenvalue weighted by Gasteiger charge is -2.18. The van der Waals surface area contributed by atoms with Crippen molar-refractivity contribution in [1.29, 1.82) is 0 Å². The van der Waals surface area contributed by atoms with Gasteiger partial charge in [0.1, 0.15) is 12.4 Å². The van der Waals surface area contributed by atoms with Crippen molar-refractivity contribution >= 4 is 5.97 Å². The molecule has 0 spiro atoms. The minimum atomic E-state index is -0.186. The van der Waals surface area contributed by atoms with Gasteiger partial charge < -0.3 is 9.47 Å². The van der Waals surface area contributed by atoms with Gasteiger partial charge in [0.2, 0.25) is 0 Å². The Labute approximate surface area is 156 Å². The van der Waals surface area contributed by atoms with Crippen LogP contribution in [0.15, 0.2) is 54.6 Å². The van der Waals surface area contributed by atoms with E-state index in [1.807, 2.05) is 42.5 Å². The summed E-state index contributed by atoms with van der Waals surface area (Å²) >= 11 is 0. The number of para-hydroxylation sites is 1. The second kappa shape index (κ2) is 11.3. The number of hydrogen-bond donors (Lipinski definition) is 0. The lowest BCUT2D eigenvalue weighted by Crippen LogP contribution is -2.22. The fourth-order valence-electron chi connectivity index (χ4n) is 2.61. The second-order valence-corrected chi connectivity index (χ2v) is 6.20. The van der Waals surface area contributed by atoms with Gasteiger partial charge in [-0.1, -0.05) is 56.3 Å². The molecule has 2 aromatic rings. The Balaban J connectivity index is 1.64. The third-order valence-corrected chi connectivity index (χ3v) is 4.26. The largest absolute Gasteiger partial charge is 0.494 e. The smallest absolute Gasteiger partial charge is 0.306 e. The van der Waals surface area contributed by atoms with Gasteiger partial charge in [-0.05, 0) is 42.8 Å². The minimum absolute atomic E-state index is 0.186. The first-order chi connectivity index (χ1) is 12.7. The number of hydrogen-bond acceptors (Lipinski definition) is 4. The van der Waals surface area contributed by atoms with E-state index in [2.05, 4.69) is 30.9 Å². The molecule has 0 N–H and O–H groups in total. The average molecular weight is 355 g/mol. The van der Waals surface area contributed by atoms with Gasteiger partial charge in [0, 0.05) is 13.0 Å². The van der Waals surface area contributed by atoms with E-state index in [9.17, 15) is 4.79 Å². The maximum absolute atomic E-state index is 11.8. The Bertz CT molecular complexity index is 636. The van der Waals surface area contributed by atoms with Crippen molar-refractivity contribution in [1.82, 2.24) is 4.90 Å². The second-order valence-electron chi connectivity index (χ2n) is 6.20. The number of ether oxygens (including phenoxy) is 2. The summed E-state index contributed by atoms with van der Waals surface area (Å²) in [6, 6.07) is 17.9. The fourth-order valence-corrected chi connectivity index (χ4v) is 2.61. The zero-order valence-electron chi connectivity index (χ0n) is 15.8. The molecule has 0 aromatic heterocycles. The van der Waals surface area contributed by atoms with E-state index in [-0.39, 0.29) is 5.97 Å². The molecule has 2 rings (SSSR count). The van der Waals surface area contributed by atoms with Gasteiger partial charge in [0.25, 0.3) is 0 Å². The predicted molar refractivity (Wildman–Crippen MR) is 104 cm³/mol. The third kappa shape index (κ3) is 7.28. The molecule has 26 heavy (non-hydrogen) atoms. The predicted octanol–water partition coefficient (Wildman–Crippen LogP) is 4.43. The normalized spacial score (nSPS) is 10.7. The van der Waals surface area contributed by atoms with Crippen LogP contribution in [0.4, 0.5) is 0 Å². The zero-order chi connectivity index (χ0) is 18.6. The Morgan fingerprint density at radius 3 is 2.23 bits per heavy atom. The fraction of sp³-hybridized carbons (Fsp3) is 0.409. The molecule has 4 nitrogen and oxygen atoms in total. The highest BCUT2D eigenvalue weighted by molar-refractivity contribution is 5.69. The quantitative estimate of drug-likeness (QED) is 0.441. The van der Waals surface area contributed by atoms with Gasteiger partial charge in [0.15, 0.2) is 0 Å². The summed E-state index contributed by atoms with van der Waals surface area (Å²) in [4.78, 5) is 14.2. The summed E-state index contributed by atoms with van der Waals surface area (Å²) in [6.07, 6.45) is 1.02. The first kappa shape index (κ1) is 20.0. The highest BCUT2D eigenvalue weighted by Crippen LogP contribution is 2.11. The number of benzene rings is 2. The van der Waals surface area contributed by atoms with E-state index in [0.29, 0.717) is 26.1 Å². The van der Waals surface area contributed by atoms with Gasteiger partial charge in [0.05, 0.1) is 6.61 Å². The van der Waals surface area contributed by atoms with Crippen LogP contribution in [0.3, 0.4) is 0 Å². The van der Waals surface area contributed by atoms with Crippen molar-refractivity contribution in [3.8, 4) is 5.75 Å². The Morgan fingerprint density at radius 2 is 1.58 bits per heavy atom. The average Bonchev–Trinajstić information content (AvgIpc) is 2.69. The molecule has 0 bridgehead atoms. The van der Waals surface area contributed by atoms with E-state index >= 15 is 0 Å². The topological polar surface area (TPSA) is 38.8 Å². The molecule has 0 aliphatic rings. The van der Waals surface area contributed by atoms with Crippen LogP contribution >= 0.6 is 0 Å². The Hall–Kier alpha value is -2.33. The molecule has 0 aliphatic heterocycles. The van der Waals surface area contributed by atoms with Crippen LogP contribution in [0, 0.1) is 0 Å². The standard InChI is InChI=1S/C22H29NO3/c1-3-23(4-2)17-19-12-14-20(15-13-19)18-26-22(24)11-8-16-25-21-9-6-5-7-10-21/h5-7,9-10,12-15H,3-4,8,11,16-18H2,1-2H3. The van der Waals surface area contributed by atoms with Crippen LogP contribution in [-0.4, -0.2) is 30.6 Å². The molecular formula is C22H29NO3. The van der Waals surface area contributed by atoms with Crippen LogP contribution in [-0.2, 0) is 22.7 Å². The molecule has 2 aromatic carbocycles. The molecule has 0 amide bonds.